The number of pyridine rings is 1. The highest BCUT2D eigenvalue weighted by atomic mass is 16.5. The van der Waals surface area contributed by atoms with E-state index in [0.29, 0.717) is 18.1 Å². The molecule has 0 bridgehead atoms. The van der Waals surface area contributed by atoms with Crippen molar-refractivity contribution in [1.29, 1.82) is 0 Å². The molecule has 2 aromatic heterocycles. The van der Waals surface area contributed by atoms with Gasteiger partial charge in [-0.05, 0) is 25.1 Å². The van der Waals surface area contributed by atoms with Gasteiger partial charge < -0.3 is 16.2 Å². The van der Waals surface area contributed by atoms with Crippen LogP contribution in [0.3, 0.4) is 0 Å². The zero-order chi connectivity index (χ0) is 16.4. The van der Waals surface area contributed by atoms with Crippen molar-refractivity contribution in [2.75, 3.05) is 24.6 Å². The summed E-state index contributed by atoms with van der Waals surface area (Å²) in [6.45, 7) is 6.69. The van der Waals surface area contributed by atoms with Crippen LogP contribution >= 0.6 is 0 Å². The molecule has 0 saturated heterocycles. The first-order valence-electron chi connectivity index (χ1n) is 7.71. The molecule has 1 aliphatic heterocycles. The van der Waals surface area contributed by atoms with Gasteiger partial charge in [-0.2, -0.15) is 9.97 Å². The molecule has 0 saturated carbocycles. The van der Waals surface area contributed by atoms with Crippen LogP contribution in [0.25, 0.3) is 0 Å². The van der Waals surface area contributed by atoms with Crippen molar-refractivity contribution in [3.05, 3.63) is 35.7 Å². The fourth-order valence-electron chi connectivity index (χ4n) is 2.98. The topological polar surface area (TPSA) is 103 Å². The Balaban J connectivity index is 1.73. The first kappa shape index (κ1) is 15.5. The molecule has 0 amide bonds. The molecule has 3 rings (SSSR count). The van der Waals surface area contributed by atoms with Crippen molar-refractivity contribution in [3.8, 4) is 5.88 Å². The minimum atomic E-state index is -0.392. The number of fused-ring (bicyclic) bond motifs is 1. The Bertz CT molecular complexity index is 692. The molecule has 1 atom stereocenters. The Morgan fingerprint density at radius 3 is 2.87 bits per heavy atom. The van der Waals surface area contributed by atoms with E-state index in [9.17, 15) is 0 Å². The molecule has 0 aliphatic carbocycles. The van der Waals surface area contributed by atoms with Gasteiger partial charge in [-0.3, -0.25) is 9.88 Å². The Morgan fingerprint density at radius 2 is 2.17 bits per heavy atom. The van der Waals surface area contributed by atoms with Crippen LogP contribution in [0.2, 0.25) is 0 Å². The first-order chi connectivity index (χ1) is 11.0. The standard InChI is InChI=1S/C16H22N6O/c1-3-22(9-11-5-4-6-19-8-11)10-16(2)7-12-13(17)20-15(18)21-14(12)23-16/h4-6,8H,3,7,9-10H2,1-2H3,(H4,17,18,20,21)/t16-/m0/s1. The van der Waals surface area contributed by atoms with Crippen LogP contribution in [-0.4, -0.2) is 38.5 Å². The molecule has 3 heterocycles. The molecule has 0 fully saturated rings. The molecule has 122 valence electrons. The monoisotopic (exact) mass is 314 g/mol. The summed E-state index contributed by atoms with van der Waals surface area (Å²) in [5.74, 6) is 1.06. The van der Waals surface area contributed by atoms with Crippen molar-refractivity contribution in [1.82, 2.24) is 19.9 Å². The molecule has 0 spiro atoms. The summed E-state index contributed by atoms with van der Waals surface area (Å²) in [6, 6.07) is 4.03. The second-order valence-electron chi connectivity index (χ2n) is 6.14. The second-order valence-corrected chi connectivity index (χ2v) is 6.14. The number of likely N-dealkylation sites (N-methyl/N-ethyl adjacent to an activating group) is 1. The lowest BCUT2D eigenvalue weighted by Gasteiger charge is -2.31. The number of anilines is 2. The summed E-state index contributed by atoms with van der Waals surface area (Å²) in [7, 11) is 0. The van der Waals surface area contributed by atoms with Gasteiger partial charge in [0.15, 0.2) is 0 Å². The number of nitrogen functional groups attached to an aromatic ring is 2. The van der Waals surface area contributed by atoms with Crippen LogP contribution in [0.4, 0.5) is 11.8 Å². The van der Waals surface area contributed by atoms with E-state index in [1.54, 1.807) is 6.20 Å². The fourth-order valence-corrected chi connectivity index (χ4v) is 2.98. The third kappa shape index (κ3) is 3.34. The number of nitrogens with zero attached hydrogens (tertiary/aromatic N) is 4. The summed E-state index contributed by atoms with van der Waals surface area (Å²) >= 11 is 0. The normalized spacial score (nSPS) is 19.6. The molecular formula is C16H22N6O. The van der Waals surface area contributed by atoms with Crippen LogP contribution in [0.15, 0.2) is 24.5 Å². The average molecular weight is 314 g/mol. The Morgan fingerprint density at radius 1 is 1.35 bits per heavy atom. The van der Waals surface area contributed by atoms with Crippen LogP contribution in [0.5, 0.6) is 5.88 Å². The molecule has 7 heteroatoms. The summed E-state index contributed by atoms with van der Waals surface area (Å²) < 4.78 is 6.06. The third-order valence-electron chi connectivity index (χ3n) is 4.05. The molecule has 7 nitrogen and oxygen atoms in total. The summed E-state index contributed by atoms with van der Waals surface area (Å²) in [4.78, 5) is 14.7. The lowest BCUT2D eigenvalue weighted by Crippen LogP contribution is -2.44. The molecule has 0 radical (unpaired) electrons. The number of ether oxygens (including phenoxy) is 1. The van der Waals surface area contributed by atoms with Crippen molar-refractivity contribution in [3.63, 3.8) is 0 Å². The van der Waals surface area contributed by atoms with E-state index in [0.717, 1.165) is 25.2 Å². The molecule has 0 aromatic carbocycles. The van der Waals surface area contributed by atoms with Crippen molar-refractivity contribution in [2.24, 2.45) is 0 Å². The lowest BCUT2D eigenvalue weighted by molar-refractivity contribution is 0.0591. The van der Waals surface area contributed by atoms with Gasteiger partial charge in [0.25, 0.3) is 0 Å². The number of nitrogens with two attached hydrogens (primary N) is 2. The average Bonchev–Trinajstić information content (AvgIpc) is 2.84. The Labute approximate surface area is 135 Å². The zero-order valence-corrected chi connectivity index (χ0v) is 13.5. The number of rotatable bonds is 5. The number of hydrogen-bond acceptors (Lipinski definition) is 7. The maximum absolute atomic E-state index is 6.06. The van der Waals surface area contributed by atoms with Gasteiger partial charge in [-0.25, -0.2) is 0 Å². The van der Waals surface area contributed by atoms with Crippen LogP contribution < -0.4 is 16.2 Å². The smallest absolute Gasteiger partial charge is 0.225 e. The van der Waals surface area contributed by atoms with E-state index in [4.69, 9.17) is 16.2 Å². The summed E-state index contributed by atoms with van der Waals surface area (Å²) in [5.41, 5.74) is 13.2. The summed E-state index contributed by atoms with van der Waals surface area (Å²) in [6.07, 6.45) is 4.35. The molecule has 1 aliphatic rings. The molecule has 23 heavy (non-hydrogen) atoms. The third-order valence-corrected chi connectivity index (χ3v) is 4.05. The van der Waals surface area contributed by atoms with Gasteiger partial charge in [0.05, 0.1) is 5.56 Å². The maximum Gasteiger partial charge on any atom is 0.225 e. The van der Waals surface area contributed by atoms with Gasteiger partial charge >= 0.3 is 0 Å². The predicted octanol–water partition coefficient (Wildman–Crippen LogP) is 1.25. The molecular weight excluding hydrogens is 292 g/mol. The van der Waals surface area contributed by atoms with Crippen LogP contribution in [0, 0.1) is 0 Å². The minimum Gasteiger partial charge on any atom is -0.469 e. The second kappa shape index (κ2) is 6.00. The van der Waals surface area contributed by atoms with E-state index in [-0.39, 0.29) is 5.95 Å². The van der Waals surface area contributed by atoms with E-state index in [2.05, 4.69) is 39.8 Å². The van der Waals surface area contributed by atoms with Gasteiger partial charge in [-0.1, -0.05) is 13.0 Å². The van der Waals surface area contributed by atoms with Crippen LogP contribution in [0.1, 0.15) is 25.0 Å². The Hall–Kier alpha value is -2.41. The molecule has 2 aromatic rings. The largest absolute Gasteiger partial charge is 0.469 e. The van der Waals surface area contributed by atoms with Gasteiger partial charge in [0, 0.05) is 31.9 Å². The van der Waals surface area contributed by atoms with Crippen molar-refractivity contribution >= 4 is 11.8 Å². The maximum atomic E-state index is 6.06. The van der Waals surface area contributed by atoms with E-state index in [1.165, 1.54) is 5.56 Å². The van der Waals surface area contributed by atoms with Crippen molar-refractivity contribution < 1.29 is 4.74 Å². The highest BCUT2D eigenvalue weighted by Crippen LogP contribution is 2.37. The van der Waals surface area contributed by atoms with Crippen LogP contribution in [-0.2, 0) is 13.0 Å². The zero-order valence-electron chi connectivity index (χ0n) is 13.5. The quantitative estimate of drug-likeness (QED) is 0.856. The minimum absolute atomic E-state index is 0.146. The highest BCUT2D eigenvalue weighted by Gasteiger charge is 2.39. The van der Waals surface area contributed by atoms with Gasteiger partial charge in [0.1, 0.15) is 11.4 Å². The molecule has 0 unspecified atom stereocenters. The Kier molecular flexibility index (Phi) is 4.04. The SMILES string of the molecule is CCN(Cc1cccnc1)C[C@]1(C)Cc2c(N)nc(N)nc2O1. The van der Waals surface area contributed by atoms with E-state index >= 15 is 0 Å². The van der Waals surface area contributed by atoms with E-state index < -0.39 is 5.60 Å². The highest BCUT2D eigenvalue weighted by molar-refractivity contribution is 5.52. The predicted molar refractivity (Wildman–Crippen MR) is 88.8 cm³/mol. The van der Waals surface area contributed by atoms with Gasteiger partial charge in [-0.15, -0.1) is 0 Å². The summed E-state index contributed by atoms with van der Waals surface area (Å²) in [5, 5.41) is 0. The number of hydrogen-bond donors (Lipinski definition) is 2. The van der Waals surface area contributed by atoms with E-state index in [1.807, 2.05) is 12.3 Å². The lowest BCUT2D eigenvalue weighted by atomic mass is 9.99. The van der Waals surface area contributed by atoms with Gasteiger partial charge in [0.2, 0.25) is 11.8 Å². The molecule has 4 N–H and O–H groups in total. The first-order valence-corrected chi connectivity index (χ1v) is 7.71. The number of aromatic nitrogens is 3. The van der Waals surface area contributed by atoms with Crippen molar-refractivity contribution in [2.45, 2.75) is 32.4 Å². The fraction of sp³-hybridized carbons (Fsp3) is 0.438.